The lowest BCUT2D eigenvalue weighted by Crippen LogP contribution is -2.35. The van der Waals surface area contributed by atoms with Gasteiger partial charge in [-0.25, -0.2) is 0 Å². The van der Waals surface area contributed by atoms with Crippen molar-refractivity contribution in [2.24, 2.45) is 17.8 Å². The van der Waals surface area contributed by atoms with Crippen LogP contribution in [0.4, 0.5) is 11.5 Å². The summed E-state index contributed by atoms with van der Waals surface area (Å²) >= 11 is 0. The third-order valence-electron chi connectivity index (χ3n) is 7.94. The van der Waals surface area contributed by atoms with Gasteiger partial charge in [0, 0.05) is 16.8 Å². The lowest BCUT2D eigenvalue weighted by Gasteiger charge is -2.44. The fraction of sp³-hybridized carbons (Fsp3) is 0.391. The Hall–Kier alpha value is -3.22. The van der Waals surface area contributed by atoms with Crippen LogP contribution in [0.3, 0.4) is 0 Å². The number of methoxy groups -OCH3 is 1. The number of H-pyrrole nitrogens is 2. The molecule has 2 aromatic carbocycles. The van der Waals surface area contributed by atoms with Gasteiger partial charge in [0.05, 0.1) is 36.1 Å². The van der Waals surface area contributed by atoms with Gasteiger partial charge in [0.1, 0.15) is 5.75 Å². The SMILES string of the molecule is COc1cc2[nH]ncc2c2c1N[C@@H](c1ccc3c(N)n[nH]c3c1)[C@@H]1C3CCC(C3)[C@H]21. The molecule has 30 heavy (non-hydrogen) atoms. The van der Waals surface area contributed by atoms with Crippen LogP contribution in [-0.4, -0.2) is 27.5 Å². The molecular weight excluding hydrogens is 376 g/mol. The summed E-state index contributed by atoms with van der Waals surface area (Å²) in [6, 6.07) is 8.83. The fourth-order valence-corrected chi connectivity index (χ4v) is 6.80. The van der Waals surface area contributed by atoms with Crippen LogP contribution < -0.4 is 15.8 Å². The minimum Gasteiger partial charge on any atom is -0.494 e. The largest absolute Gasteiger partial charge is 0.494 e. The Balaban J connectivity index is 1.45. The first-order valence-electron chi connectivity index (χ1n) is 10.8. The van der Waals surface area contributed by atoms with Gasteiger partial charge in [0.2, 0.25) is 0 Å². The average Bonchev–Trinajstić information content (AvgIpc) is 3.56. The smallest absolute Gasteiger partial charge is 0.153 e. The molecule has 2 saturated carbocycles. The minimum absolute atomic E-state index is 0.241. The van der Waals surface area contributed by atoms with Crippen molar-refractivity contribution >= 4 is 33.3 Å². The van der Waals surface area contributed by atoms with Gasteiger partial charge in [-0.15, -0.1) is 0 Å². The number of aromatic amines is 2. The van der Waals surface area contributed by atoms with E-state index in [1.165, 1.54) is 35.8 Å². The van der Waals surface area contributed by atoms with Crippen LogP contribution in [-0.2, 0) is 0 Å². The van der Waals surface area contributed by atoms with E-state index < -0.39 is 0 Å². The molecule has 152 valence electrons. The van der Waals surface area contributed by atoms with Crippen LogP contribution in [0, 0.1) is 17.8 Å². The molecule has 5 N–H and O–H groups in total. The molecule has 2 bridgehead atoms. The summed E-state index contributed by atoms with van der Waals surface area (Å²) in [5, 5.41) is 20.9. The Morgan fingerprint density at radius 3 is 2.83 bits per heavy atom. The van der Waals surface area contributed by atoms with E-state index in [0.717, 1.165) is 39.7 Å². The second kappa shape index (κ2) is 5.68. The Bertz CT molecular complexity index is 1310. The van der Waals surface area contributed by atoms with Crippen LogP contribution in [0.2, 0.25) is 0 Å². The number of anilines is 2. The highest BCUT2D eigenvalue weighted by Gasteiger charge is 2.54. The lowest BCUT2D eigenvalue weighted by atomic mass is 9.67. The predicted octanol–water partition coefficient (Wildman–Crippen LogP) is 4.33. The zero-order valence-corrected chi connectivity index (χ0v) is 16.8. The van der Waals surface area contributed by atoms with E-state index >= 15 is 0 Å². The number of ether oxygens (including phenoxy) is 1. The summed E-state index contributed by atoms with van der Waals surface area (Å²) in [5.41, 5.74) is 11.9. The monoisotopic (exact) mass is 400 g/mol. The molecule has 0 amide bonds. The Kier molecular flexibility index (Phi) is 3.14. The normalized spacial score (nSPS) is 29.2. The molecule has 4 aromatic rings. The number of hydrogen-bond acceptors (Lipinski definition) is 5. The van der Waals surface area contributed by atoms with Crippen molar-refractivity contribution in [3.8, 4) is 5.75 Å². The molecule has 0 spiro atoms. The molecule has 2 fully saturated rings. The number of nitrogens with two attached hydrogens (primary N) is 1. The number of nitrogens with zero attached hydrogens (tertiary/aromatic N) is 2. The van der Waals surface area contributed by atoms with Crippen molar-refractivity contribution in [3.05, 3.63) is 41.6 Å². The van der Waals surface area contributed by atoms with Crippen molar-refractivity contribution in [2.45, 2.75) is 31.2 Å². The number of hydrogen-bond donors (Lipinski definition) is 4. The number of nitrogens with one attached hydrogen (secondary N) is 3. The molecule has 7 heteroatoms. The maximum absolute atomic E-state index is 6.00. The Labute approximate surface area is 173 Å². The van der Waals surface area contributed by atoms with Gasteiger partial charge in [-0.2, -0.15) is 10.2 Å². The third-order valence-corrected chi connectivity index (χ3v) is 7.94. The maximum atomic E-state index is 6.00. The van der Waals surface area contributed by atoms with Crippen LogP contribution in [0.1, 0.15) is 42.3 Å². The fourth-order valence-electron chi connectivity index (χ4n) is 6.80. The summed E-state index contributed by atoms with van der Waals surface area (Å²) < 4.78 is 5.83. The van der Waals surface area contributed by atoms with Crippen LogP contribution >= 0.6 is 0 Å². The minimum atomic E-state index is 0.241. The van der Waals surface area contributed by atoms with Gasteiger partial charge < -0.3 is 15.8 Å². The molecule has 1 aliphatic heterocycles. The molecular formula is C23H24N6O. The van der Waals surface area contributed by atoms with Crippen molar-refractivity contribution < 1.29 is 4.74 Å². The van der Waals surface area contributed by atoms with Gasteiger partial charge in [-0.05, 0) is 66.2 Å². The van der Waals surface area contributed by atoms with Crippen LogP contribution in [0.5, 0.6) is 5.75 Å². The molecule has 2 aliphatic carbocycles. The summed E-state index contributed by atoms with van der Waals surface area (Å²) in [6.07, 6.45) is 5.96. The van der Waals surface area contributed by atoms with E-state index in [4.69, 9.17) is 10.5 Å². The molecule has 7 rings (SSSR count). The predicted molar refractivity (Wildman–Crippen MR) is 117 cm³/mol. The van der Waals surface area contributed by atoms with Gasteiger partial charge in [0.15, 0.2) is 5.82 Å². The van der Waals surface area contributed by atoms with Gasteiger partial charge in [-0.1, -0.05) is 6.07 Å². The zero-order valence-electron chi connectivity index (χ0n) is 16.8. The zero-order chi connectivity index (χ0) is 20.0. The molecule has 7 nitrogen and oxygen atoms in total. The van der Waals surface area contributed by atoms with Gasteiger partial charge >= 0.3 is 0 Å². The molecule has 2 unspecified atom stereocenters. The first-order valence-corrected chi connectivity index (χ1v) is 10.8. The molecule has 3 heterocycles. The highest BCUT2D eigenvalue weighted by Crippen LogP contribution is 2.65. The van der Waals surface area contributed by atoms with E-state index in [0.29, 0.717) is 17.7 Å². The number of aromatic nitrogens is 4. The van der Waals surface area contributed by atoms with Crippen LogP contribution in [0.15, 0.2) is 30.5 Å². The standard InChI is InChI=1S/C23H24N6O/c1-30-17-8-16-14(9-25-27-16)20-18-10-2-3-11(6-10)19(18)21(26-22(17)20)12-4-5-13-15(7-12)28-29-23(13)24/h4-5,7-11,18-19,21,26H,2-3,6H2,1H3,(H,25,27)(H3,24,28,29)/t10?,11?,18-,19+,21-/m0/s1. The van der Waals surface area contributed by atoms with E-state index in [1.807, 2.05) is 6.20 Å². The molecule has 0 radical (unpaired) electrons. The second-order valence-corrected chi connectivity index (χ2v) is 9.17. The lowest BCUT2D eigenvalue weighted by molar-refractivity contribution is 0.247. The van der Waals surface area contributed by atoms with Crippen molar-refractivity contribution in [3.63, 3.8) is 0 Å². The second-order valence-electron chi connectivity index (χ2n) is 9.17. The first-order chi connectivity index (χ1) is 14.7. The third kappa shape index (κ3) is 2.00. The van der Waals surface area contributed by atoms with E-state index in [9.17, 15) is 0 Å². The summed E-state index contributed by atoms with van der Waals surface area (Å²) in [5.74, 6) is 4.03. The van der Waals surface area contributed by atoms with Gasteiger partial charge in [-0.3, -0.25) is 10.2 Å². The summed E-state index contributed by atoms with van der Waals surface area (Å²) in [7, 11) is 1.75. The van der Waals surface area contributed by atoms with E-state index in [-0.39, 0.29) is 6.04 Å². The quantitative estimate of drug-likeness (QED) is 0.401. The van der Waals surface area contributed by atoms with Crippen LogP contribution in [0.25, 0.3) is 21.8 Å². The Morgan fingerprint density at radius 2 is 1.93 bits per heavy atom. The molecule has 3 aliphatic rings. The van der Waals surface area contributed by atoms with Gasteiger partial charge in [0.25, 0.3) is 0 Å². The van der Waals surface area contributed by atoms with Crippen molar-refractivity contribution in [1.82, 2.24) is 20.4 Å². The summed E-state index contributed by atoms with van der Waals surface area (Å²) in [4.78, 5) is 0. The number of fused-ring (bicyclic) bond motifs is 10. The van der Waals surface area contributed by atoms with E-state index in [2.05, 4.69) is 50.0 Å². The first kappa shape index (κ1) is 16.6. The number of benzene rings is 2. The van der Waals surface area contributed by atoms with E-state index in [1.54, 1.807) is 7.11 Å². The van der Waals surface area contributed by atoms with Crippen molar-refractivity contribution in [2.75, 3.05) is 18.2 Å². The average molecular weight is 400 g/mol. The highest BCUT2D eigenvalue weighted by atomic mass is 16.5. The van der Waals surface area contributed by atoms with Crippen molar-refractivity contribution in [1.29, 1.82) is 0 Å². The maximum Gasteiger partial charge on any atom is 0.153 e. The number of rotatable bonds is 2. The molecule has 2 aromatic heterocycles. The Morgan fingerprint density at radius 1 is 1.07 bits per heavy atom. The highest BCUT2D eigenvalue weighted by molar-refractivity contribution is 5.92. The topological polar surface area (TPSA) is 105 Å². The summed E-state index contributed by atoms with van der Waals surface area (Å²) in [6.45, 7) is 0. The molecule has 5 atom stereocenters. The molecule has 0 saturated heterocycles. The number of nitrogen functional groups attached to an aromatic ring is 1.